The summed E-state index contributed by atoms with van der Waals surface area (Å²) < 4.78 is 0. The van der Waals surface area contributed by atoms with Gasteiger partial charge in [-0.2, -0.15) is 0 Å². The first-order valence-electron chi connectivity index (χ1n) is 10.6. The monoisotopic (exact) mass is 417 g/mol. The number of benzene rings is 1. The molecule has 2 aliphatic rings. The lowest BCUT2D eigenvalue weighted by Gasteiger charge is -2.40. The van der Waals surface area contributed by atoms with Gasteiger partial charge >= 0.3 is 11.9 Å². The van der Waals surface area contributed by atoms with E-state index >= 15 is 0 Å². The number of carbonyl (C=O) groups excluding carboxylic acids is 1. The number of carbonyl (C=O) groups is 3. The zero-order valence-electron chi connectivity index (χ0n) is 17.3. The maximum absolute atomic E-state index is 13.2. The summed E-state index contributed by atoms with van der Waals surface area (Å²) in [7, 11) is 0. The highest BCUT2D eigenvalue weighted by Gasteiger charge is 2.55. The minimum absolute atomic E-state index is 0.238. The number of aryl methyl sites for hydroxylation is 1. The van der Waals surface area contributed by atoms with Crippen molar-refractivity contribution in [3.8, 4) is 0 Å². The van der Waals surface area contributed by atoms with Crippen molar-refractivity contribution in [3.05, 3.63) is 35.9 Å². The van der Waals surface area contributed by atoms with Gasteiger partial charge in [0.1, 0.15) is 12.1 Å². The lowest BCUT2D eigenvalue weighted by Crippen LogP contribution is -2.59. The molecule has 8 nitrogen and oxygen atoms in total. The molecular formula is C22H31N3O5. The Kier molecular flexibility index (Phi) is 6.77. The van der Waals surface area contributed by atoms with E-state index < -0.39 is 41.5 Å². The molecule has 1 saturated carbocycles. The van der Waals surface area contributed by atoms with Crippen LogP contribution < -0.4 is 11.1 Å². The Morgan fingerprint density at radius 2 is 1.93 bits per heavy atom. The second kappa shape index (κ2) is 9.14. The molecule has 3 rings (SSSR count). The number of amides is 1. The molecule has 8 heteroatoms. The van der Waals surface area contributed by atoms with Crippen molar-refractivity contribution in [2.75, 3.05) is 0 Å². The van der Waals surface area contributed by atoms with Crippen LogP contribution in [-0.2, 0) is 20.8 Å². The second-order valence-corrected chi connectivity index (χ2v) is 8.60. The van der Waals surface area contributed by atoms with Gasteiger partial charge in [-0.1, -0.05) is 43.2 Å². The molecule has 5 N–H and O–H groups in total. The Hall–Kier alpha value is -2.45. The van der Waals surface area contributed by atoms with Crippen molar-refractivity contribution in [2.45, 2.75) is 81.6 Å². The Morgan fingerprint density at radius 1 is 1.23 bits per heavy atom. The first kappa shape index (κ1) is 22.2. The van der Waals surface area contributed by atoms with Crippen LogP contribution in [0, 0.1) is 0 Å². The van der Waals surface area contributed by atoms with Gasteiger partial charge in [0.25, 0.3) is 0 Å². The fourth-order valence-electron chi connectivity index (χ4n) is 4.92. The number of nitrogens with two attached hydrogens (primary N) is 1. The van der Waals surface area contributed by atoms with Crippen LogP contribution >= 0.6 is 0 Å². The molecule has 164 valence electrons. The van der Waals surface area contributed by atoms with Gasteiger partial charge in [-0.25, -0.2) is 4.79 Å². The van der Waals surface area contributed by atoms with Gasteiger partial charge in [0, 0.05) is 5.54 Å². The van der Waals surface area contributed by atoms with E-state index in [-0.39, 0.29) is 12.5 Å². The molecule has 1 amide bonds. The molecule has 1 saturated heterocycles. The summed E-state index contributed by atoms with van der Waals surface area (Å²) in [6.07, 6.45) is 4.32. The van der Waals surface area contributed by atoms with Gasteiger partial charge in [-0.05, 0) is 44.6 Å². The number of fused-ring (bicyclic) bond motifs is 1. The number of aliphatic carboxylic acids is 2. The number of carboxylic acid groups (broad SMARTS) is 2. The Balaban J connectivity index is 1.70. The molecule has 0 spiro atoms. The van der Waals surface area contributed by atoms with Crippen LogP contribution in [-0.4, -0.2) is 62.7 Å². The van der Waals surface area contributed by atoms with Crippen molar-refractivity contribution >= 4 is 17.8 Å². The number of likely N-dealkylation sites (tertiary alicyclic amines) is 1. The molecule has 30 heavy (non-hydrogen) atoms. The van der Waals surface area contributed by atoms with Crippen LogP contribution in [0.2, 0.25) is 0 Å². The third-order valence-electron chi connectivity index (χ3n) is 6.50. The maximum Gasteiger partial charge on any atom is 0.326 e. The number of nitrogens with zero attached hydrogens (tertiary/aromatic N) is 1. The molecule has 2 fully saturated rings. The normalized spacial score (nSPS) is 27.9. The number of rotatable bonds is 8. The van der Waals surface area contributed by atoms with Gasteiger partial charge < -0.3 is 20.8 Å². The summed E-state index contributed by atoms with van der Waals surface area (Å²) in [6, 6.07) is 6.52. The van der Waals surface area contributed by atoms with Crippen LogP contribution in [0.5, 0.6) is 0 Å². The van der Waals surface area contributed by atoms with Gasteiger partial charge in [-0.15, -0.1) is 0 Å². The molecule has 1 aromatic carbocycles. The number of carboxylic acids is 2. The molecule has 0 unspecified atom stereocenters. The van der Waals surface area contributed by atoms with Crippen molar-refractivity contribution in [3.63, 3.8) is 0 Å². The molecule has 5 atom stereocenters. The largest absolute Gasteiger partial charge is 0.480 e. The molecule has 1 aliphatic heterocycles. The third kappa shape index (κ3) is 4.65. The van der Waals surface area contributed by atoms with E-state index in [4.69, 9.17) is 5.73 Å². The van der Waals surface area contributed by atoms with Crippen molar-refractivity contribution in [1.29, 1.82) is 0 Å². The predicted molar refractivity (Wildman–Crippen MR) is 111 cm³/mol. The SMILES string of the molecule is C[C@H](N[C@@H](CCc1ccccc1)C(=O)O)C(=O)N1[C@H]2CCCC[C@]2(N)C[C@H]1C(=O)O. The van der Waals surface area contributed by atoms with E-state index in [2.05, 4.69) is 5.32 Å². The van der Waals surface area contributed by atoms with E-state index in [1.807, 2.05) is 30.3 Å². The van der Waals surface area contributed by atoms with Crippen molar-refractivity contribution in [1.82, 2.24) is 10.2 Å². The van der Waals surface area contributed by atoms with Gasteiger partial charge in [0.05, 0.1) is 12.1 Å². The van der Waals surface area contributed by atoms with Gasteiger partial charge in [0.15, 0.2) is 0 Å². The molecule has 0 radical (unpaired) electrons. The molecule has 1 aliphatic carbocycles. The first-order chi connectivity index (χ1) is 14.2. The smallest absolute Gasteiger partial charge is 0.326 e. The van der Waals surface area contributed by atoms with E-state index in [1.165, 1.54) is 4.90 Å². The quantitative estimate of drug-likeness (QED) is 0.502. The minimum atomic E-state index is -1.06. The summed E-state index contributed by atoms with van der Waals surface area (Å²) in [4.78, 5) is 38.3. The Morgan fingerprint density at radius 3 is 2.57 bits per heavy atom. The summed E-state index contributed by atoms with van der Waals surface area (Å²) in [5.41, 5.74) is 6.85. The number of hydrogen-bond acceptors (Lipinski definition) is 5. The van der Waals surface area contributed by atoms with Crippen LogP contribution in [0.4, 0.5) is 0 Å². The molecule has 1 heterocycles. The molecule has 0 aromatic heterocycles. The van der Waals surface area contributed by atoms with Crippen molar-refractivity contribution in [2.24, 2.45) is 5.73 Å². The summed E-state index contributed by atoms with van der Waals surface area (Å²) in [6.45, 7) is 1.60. The standard InChI is InChI=1S/C22H31N3O5/c1-14(24-16(20(27)28)11-10-15-7-3-2-4-8-15)19(26)25-17(21(29)30)13-22(23)12-6-5-9-18(22)25/h2-4,7-8,14,16-18,24H,5-6,9-13,23H2,1H3,(H,27,28)(H,29,30)/t14-,16-,17-,18-,22-/m0/s1. The van der Waals surface area contributed by atoms with E-state index in [0.29, 0.717) is 25.7 Å². The highest BCUT2D eigenvalue weighted by Crippen LogP contribution is 2.41. The Labute approximate surface area is 176 Å². The number of nitrogens with one attached hydrogen (secondary N) is 1. The van der Waals surface area contributed by atoms with Crippen LogP contribution in [0.25, 0.3) is 0 Å². The molecule has 1 aromatic rings. The first-order valence-corrected chi connectivity index (χ1v) is 10.6. The topological polar surface area (TPSA) is 133 Å². The van der Waals surface area contributed by atoms with E-state index in [0.717, 1.165) is 18.4 Å². The summed E-state index contributed by atoms with van der Waals surface area (Å²) in [5, 5.41) is 22.2. The van der Waals surface area contributed by atoms with E-state index in [9.17, 15) is 24.6 Å². The van der Waals surface area contributed by atoms with Crippen LogP contribution in [0.15, 0.2) is 30.3 Å². The van der Waals surface area contributed by atoms with E-state index in [1.54, 1.807) is 6.92 Å². The molecule has 0 bridgehead atoms. The highest BCUT2D eigenvalue weighted by atomic mass is 16.4. The summed E-state index contributed by atoms with van der Waals surface area (Å²) >= 11 is 0. The molecular weight excluding hydrogens is 386 g/mol. The van der Waals surface area contributed by atoms with Gasteiger partial charge in [0.2, 0.25) is 5.91 Å². The zero-order chi connectivity index (χ0) is 21.9. The van der Waals surface area contributed by atoms with Gasteiger partial charge in [-0.3, -0.25) is 14.9 Å². The lowest BCUT2D eigenvalue weighted by atomic mass is 9.78. The Bertz CT molecular complexity index is 786. The number of hydrogen-bond donors (Lipinski definition) is 4. The van der Waals surface area contributed by atoms with Crippen LogP contribution in [0.1, 0.15) is 51.0 Å². The predicted octanol–water partition coefficient (Wildman–Crippen LogP) is 1.38. The highest BCUT2D eigenvalue weighted by molar-refractivity contribution is 5.88. The third-order valence-corrected chi connectivity index (χ3v) is 6.50. The fraction of sp³-hybridized carbons (Fsp3) is 0.591. The lowest BCUT2D eigenvalue weighted by molar-refractivity contribution is -0.151. The average Bonchev–Trinajstić information content (AvgIpc) is 3.04. The van der Waals surface area contributed by atoms with Crippen molar-refractivity contribution < 1.29 is 24.6 Å². The zero-order valence-corrected chi connectivity index (χ0v) is 17.3. The second-order valence-electron chi connectivity index (χ2n) is 8.60. The fourth-order valence-corrected chi connectivity index (χ4v) is 4.92. The minimum Gasteiger partial charge on any atom is -0.480 e. The average molecular weight is 418 g/mol. The maximum atomic E-state index is 13.2. The summed E-state index contributed by atoms with van der Waals surface area (Å²) in [5.74, 6) is -2.49. The van der Waals surface area contributed by atoms with Crippen LogP contribution in [0.3, 0.4) is 0 Å².